The Hall–Kier alpha value is -0.0900. The maximum Gasteiger partial charge on any atom is 0.222 e. The lowest BCUT2D eigenvalue weighted by Gasteiger charge is -2.24. The van der Waals surface area contributed by atoms with E-state index in [0.29, 0.717) is 19.6 Å². The molecule has 1 amide bonds. The molecule has 90 valence electrons. The normalized spacial score (nSPS) is 13.7. The van der Waals surface area contributed by atoms with Crippen LogP contribution in [0.4, 0.5) is 0 Å². The van der Waals surface area contributed by atoms with Gasteiger partial charge in [-0.05, 0) is 5.41 Å². The molecular weight excluding hydrogens is 258 g/mol. The van der Waals surface area contributed by atoms with Crippen molar-refractivity contribution in [1.82, 2.24) is 4.90 Å². The summed E-state index contributed by atoms with van der Waals surface area (Å²) >= 11 is 3.47. The topological polar surface area (TPSA) is 29.5 Å². The first-order chi connectivity index (χ1) is 6.76. The standard InChI is InChI=1S/C11H22BrNO2/c1-11(2,3)6-10(14)13(4)7-9(12)8-15-5/h9H,6-8H2,1-5H3. The Bertz CT molecular complexity index is 201. The number of amides is 1. The third-order valence-electron chi connectivity index (χ3n) is 1.93. The minimum absolute atomic E-state index is 0.0500. The molecule has 4 heteroatoms. The van der Waals surface area contributed by atoms with E-state index in [1.54, 1.807) is 12.0 Å². The Morgan fingerprint density at radius 3 is 2.40 bits per heavy atom. The number of ether oxygens (including phenoxy) is 1. The van der Waals surface area contributed by atoms with Gasteiger partial charge in [0, 0.05) is 27.1 Å². The highest BCUT2D eigenvalue weighted by Gasteiger charge is 2.20. The molecule has 15 heavy (non-hydrogen) atoms. The molecule has 1 unspecified atom stereocenters. The van der Waals surface area contributed by atoms with Crippen LogP contribution >= 0.6 is 15.9 Å². The monoisotopic (exact) mass is 279 g/mol. The van der Waals surface area contributed by atoms with Gasteiger partial charge < -0.3 is 9.64 Å². The lowest BCUT2D eigenvalue weighted by molar-refractivity contribution is -0.131. The van der Waals surface area contributed by atoms with Gasteiger partial charge in [0.2, 0.25) is 5.91 Å². The van der Waals surface area contributed by atoms with Crippen LogP contribution in [0.25, 0.3) is 0 Å². The molecule has 0 saturated heterocycles. The van der Waals surface area contributed by atoms with Crippen LogP contribution in [-0.4, -0.2) is 42.9 Å². The van der Waals surface area contributed by atoms with Crippen molar-refractivity contribution in [2.45, 2.75) is 32.0 Å². The van der Waals surface area contributed by atoms with Gasteiger partial charge >= 0.3 is 0 Å². The molecule has 0 radical (unpaired) electrons. The SMILES string of the molecule is COCC(Br)CN(C)C(=O)CC(C)(C)C. The lowest BCUT2D eigenvalue weighted by Crippen LogP contribution is -2.35. The summed E-state index contributed by atoms with van der Waals surface area (Å²) < 4.78 is 5.00. The highest BCUT2D eigenvalue weighted by atomic mass is 79.9. The number of carbonyl (C=O) groups is 1. The molecule has 3 nitrogen and oxygen atoms in total. The molecule has 0 spiro atoms. The fraction of sp³-hybridized carbons (Fsp3) is 0.909. The average molecular weight is 280 g/mol. The summed E-state index contributed by atoms with van der Waals surface area (Å²) in [7, 11) is 3.49. The van der Waals surface area contributed by atoms with E-state index in [9.17, 15) is 4.79 Å². The minimum Gasteiger partial charge on any atom is -0.383 e. The molecule has 0 saturated carbocycles. The van der Waals surface area contributed by atoms with E-state index < -0.39 is 0 Å². The second-order valence-electron chi connectivity index (χ2n) is 5.06. The van der Waals surface area contributed by atoms with Gasteiger partial charge in [-0.1, -0.05) is 36.7 Å². The molecule has 1 atom stereocenters. The van der Waals surface area contributed by atoms with Crippen LogP contribution in [0.1, 0.15) is 27.2 Å². The highest BCUT2D eigenvalue weighted by molar-refractivity contribution is 9.09. The van der Waals surface area contributed by atoms with Crippen LogP contribution < -0.4 is 0 Å². The lowest BCUT2D eigenvalue weighted by atomic mass is 9.92. The third kappa shape index (κ3) is 7.79. The largest absolute Gasteiger partial charge is 0.383 e. The Morgan fingerprint density at radius 1 is 1.47 bits per heavy atom. The van der Waals surface area contributed by atoms with Crippen molar-refractivity contribution >= 4 is 21.8 Å². The number of hydrogen-bond acceptors (Lipinski definition) is 2. The van der Waals surface area contributed by atoms with Crippen molar-refractivity contribution in [3.8, 4) is 0 Å². The highest BCUT2D eigenvalue weighted by Crippen LogP contribution is 2.19. The zero-order valence-electron chi connectivity index (χ0n) is 10.3. The minimum atomic E-state index is 0.0500. The smallest absolute Gasteiger partial charge is 0.222 e. The van der Waals surface area contributed by atoms with E-state index in [2.05, 4.69) is 36.7 Å². The van der Waals surface area contributed by atoms with Gasteiger partial charge in [-0.3, -0.25) is 4.79 Å². The van der Waals surface area contributed by atoms with Gasteiger partial charge in [-0.15, -0.1) is 0 Å². The Kier molecular flexibility index (Phi) is 6.44. The number of nitrogens with zero attached hydrogens (tertiary/aromatic N) is 1. The van der Waals surface area contributed by atoms with E-state index >= 15 is 0 Å². The number of carbonyl (C=O) groups excluding carboxylic acids is 1. The van der Waals surface area contributed by atoms with Crippen LogP contribution in [0.3, 0.4) is 0 Å². The number of rotatable bonds is 5. The molecule has 0 bridgehead atoms. The summed E-state index contributed by atoms with van der Waals surface area (Å²) in [5, 5.41) is 0. The van der Waals surface area contributed by atoms with Crippen molar-refractivity contribution in [3.05, 3.63) is 0 Å². The van der Waals surface area contributed by atoms with Crippen molar-refractivity contribution in [1.29, 1.82) is 0 Å². The third-order valence-corrected chi connectivity index (χ3v) is 2.48. The number of methoxy groups -OCH3 is 1. The zero-order valence-corrected chi connectivity index (χ0v) is 11.9. The van der Waals surface area contributed by atoms with Gasteiger partial charge in [0.1, 0.15) is 0 Å². The molecule has 0 fully saturated rings. The first-order valence-electron chi connectivity index (χ1n) is 5.13. The van der Waals surface area contributed by atoms with Crippen LogP contribution in [0, 0.1) is 5.41 Å². The van der Waals surface area contributed by atoms with E-state index in [1.165, 1.54) is 0 Å². The molecule has 0 aromatic heterocycles. The quantitative estimate of drug-likeness (QED) is 0.723. The Morgan fingerprint density at radius 2 is 2.00 bits per heavy atom. The fourth-order valence-corrected chi connectivity index (χ4v) is 1.92. The number of halogens is 1. The predicted octanol–water partition coefficient (Wildman–Crippen LogP) is 2.29. The van der Waals surface area contributed by atoms with Crippen molar-refractivity contribution in [2.75, 3.05) is 27.3 Å². The number of hydrogen-bond donors (Lipinski definition) is 0. The molecule has 0 N–H and O–H groups in total. The van der Waals surface area contributed by atoms with Crippen molar-refractivity contribution < 1.29 is 9.53 Å². The van der Waals surface area contributed by atoms with E-state index in [0.717, 1.165) is 0 Å². The second-order valence-corrected chi connectivity index (χ2v) is 6.36. The van der Waals surface area contributed by atoms with Gasteiger partial charge in [0.05, 0.1) is 11.4 Å². The van der Waals surface area contributed by atoms with Crippen LogP contribution in [0.5, 0.6) is 0 Å². The summed E-state index contributed by atoms with van der Waals surface area (Å²) in [5.41, 5.74) is 0.0500. The van der Waals surface area contributed by atoms with Gasteiger partial charge in [0.25, 0.3) is 0 Å². The van der Waals surface area contributed by atoms with Crippen LogP contribution in [0.2, 0.25) is 0 Å². The van der Waals surface area contributed by atoms with Gasteiger partial charge in [-0.25, -0.2) is 0 Å². The van der Waals surface area contributed by atoms with Gasteiger partial charge in [-0.2, -0.15) is 0 Å². The summed E-state index contributed by atoms with van der Waals surface area (Å²) in [6, 6.07) is 0. The molecule has 0 aromatic carbocycles. The molecule has 0 heterocycles. The van der Waals surface area contributed by atoms with Crippen molar-refractivity contribution in [3.63, 3.8) is 0 Å². The molecule has 0 aliphatic heterocycles. The molecule has 0 aliphatic carbocycles. The summed E-state index contributed by atoms with van der Waals surface area (Å²) in [5.74, 6) is 0.183. The summed E-state index contributed by atoms with van der Waals surface area (Å²) in [4.78, 5) is 13.7. The first kappa shape index (κ1) is 14.9. The molecule has 0 rings (SSSR count). The van der Waals surface area contributed by atoms with Crippen LogP contribution in [-0.2, 0) is 9.53 Å². The zero-order chi connectivity index (χ0) is 12.1. The van der Waals surface area contributed by atoms with E-state index in [4.69, 9.17) is 4.74 Å². The maximum absolute atomic E-state index is 11.8. The van der Waals surface area contributed by atoms with Crippen LogP contribution in [0.15, 0.2) is 0 Å². The van der Waals surface area contributed by atoms with E-state index in [1.807, 2.05) is 7.05 Å². The summed E-state index contributed by atoms with van der Waals surface area (Å²) in [6.07, 6.45) is 0.580. The molecule has 0 aliphatic rings. The summed E-state index contributed by atoms with van der Waals surface area (Å²) in [6.45, 7) is 7.51. The average Bonchev–Trinajstić information content (AvgIpc) is 2.00. The van der Waals surface area contributed by atoms with E-state index in [-0.39, 0.29) is 16.1 Å². The van der Waals surface area contributed by atoms with Gasteiger partial charge in [0.15, 0.2) is 0 Å². The predicted molar refractivity (Wildman–Crippen MR) is 66.3 cm³/mol. The fourth-order valence-electron chi connectivity index (χ4n) is 1.22. The Balaban J connectivity index is 3.99. The second kappa shape index (κ2) is 6.48. The molecule has 0 aromatic rings. The first-order valence-corrected chi connectivity index (χ1v) is 6.05. The van der Waals surface area contributed by atoms with Crippen molar-refractivity contribution in [2.24, 2.45) is 5.41 Å². The number of alkyl halides is 1. The maximum atomic E-state index is 11.8. The Labute approximate surface area is 101 Å². The molecular formula is C11H22BrNO2.